The van der Waals surface area contributed by atoms with E-state index in [0.717, 1.165) is 13.0 Å². The van der Waals surface area contributed by atoms with Gasteiger partial charge in [0.15, 0.2) is 0 Å². The highest BCUT2D eigenvalue weighted by atomic mass is 32.2. The molecule has 1 aromatic carbocycles. The Morgan fingerprint density at radius 2 is 2.00 bits per heavy atom. The minimum Gasteiger partial charge on any atom is -0.508 e. The Labute approximate surface area is 120 Å². The minimum absolute atomic E-state index is 0.131. The van der Waals surface area contributed by atoms with Gasteiger partial charge in [-0.1, -0.05) is 6.42 Å². The van der Waals surface area contributed by atoms with Crippen molar-refractivity contribution in [3.63, 3.8) is 0 Å². The molecule has 0 radical (unpaired) electrons. The summed E-state index contributed by atoms with van der Waals surface area (Å²) in [4.78, 5) is 0. The standard InChI is InChI=1S/C14H22N2O3S/c1-16(13-5-7-14(17)8-6-13)20(18,19)11-9-12-4-2-3-10-15-12/h5-8,12,15,17H,2-4,9-11H2,1H3. The van der Waals surface area contributed by atoms with E-state index in [4.69, 9.17) is 0 Å². The molecule has 0 aromatic heterocycles. The molecular weight excluding hydrogens is 276 g/mol. The second-order valence-electron chi connectivity index (χ2n) is 5.24. The molecule has 0 aliphatic carbocycles. The highest BCUT2D eigenvalue weighted by Crippen LogP contribution is 2.21. The molecule has 5 nitrogen and oxygen atoms in total. The highest BCUT2D eigenvalue weighted by molar-refractivity contribution is 7.92. The maximum Gasteiger partial charge on any atom is 0.234 e. The van der Waals surface area contributed by atoms with Crippen molar-refractivity contribution in [1.82, 2.24) is 5.32 Å². The van der Waals surface area contributed by atoms with Crippen LogP contribution in [0.1, 0.15) is 25.7 Å². The van der Waals surface area contributed by atoms with Crippen molar-refractivity contribution >= 4 is 15.7 Å². The Kier molecular flexibility index (Phi) is 4.88. The first kappa shape index (κ1) is 15.1. The van der Waals surface area contributed by atoms with Crippen molar-refractivity contribution in [1.29, 1.82) is 0 Å². The molecule has 1 atom stereocenters. The molecule has 0 spiro atoms. The van der Waals surface area contributed by atoms with Crippen molar-refractivity contribution < 1.29 is 13.5 Å². The third kappa shape index (κ3) is 3.86. The molecule has 0 bridgehead atoms. The van der Waals surface area contributed by atoms with Gasteiger partial charge in [0.2, 0.25) is 10.0 Å². The number of nitrogens with zero attached hydrogens (tertiary/aromatic N) is 1. The van der Waals surface area contributed by atoms with E-state index in [1.54, 1.807) is 19.2 Å². The van der Waals surface area contributed by atoms with Gasteiger partial charge in [0.1, 0.15) is 5.75 Å². The summed E-state index contributed by atoms with van der Waals surface area (Å²) in [7, 11) is -1.76. The summed E-state index contributed by atoms with van der Waals surface area (Å²) in [5, 5.41) is 12.6. The van der Waals surface area contributed by atoms with Crippen LogP contribution in [0.2, 0.25) is 0 Å². The van der Waals surface area contributed by atoms with Crippen LogP contribution in [0.4, 0.5) is 5.69 Å². The molecule has 2 N–H and O–H groups in total. The van der Waals surface area contributed by atoms with E-state index in [2.05, 4.69) is 5.32 Å². The van der Waals surface area contributed by atoms with Crippen LogP contribution in [-0.2, 0) is 10.0 Å². The van der Waals surface area contributed by atoms with Gasteiger partial charge in [-0.3, -0.25) is 4.31 Å². The van der Waals surface area contributed by atoms with E-state index < -0.39 is 10.0 Å². The average molecular weight is 298 g/mol. The maximum atomic E-state index is 12.3. The molecule has 6 heteroatoms. The van der Waals surface area contributed by atoms with Crippen molar-refractivity contribution in [2.75, 3.05) is 23.7 Å². The third-order valence-electron chi connectivity index (χ3n) is 3.77. The predicted molar refractivity (Wildman–Crippen MR) is 80.6 cm³/mol. The molecule has 20 heavy (non-hydrogen) atoms. The first-order valence-corrected chi connectivity index (χ1v) is 8.59. The number of hydrogen-bond acceptors (Lipinski definition) is 4. The van der Waals surface area contributed by atoms with Crippen molar-refractivity contribution in [3.8, 4) is 5.75 Å². The van der Waals surface area contributed by atoms with Gasteiger partial charge in [0.05, 0.1) is 11.4 Å². The zero-order chi connectivity index (χ0) is 14.6. The van der Waals surface area contributed by atoms with E-state index in [1.807, 2.05) is 0 Å². The summed E-state index contributed by atoms with van der Waals surface area (Å²) in [6, 6.07) is 6.50. The van der Waals surface area contributed by atoms with Crippen LogP contribution in [0.15, 0.2) is 24.3 Å². The average Bonchev–Trinajstić information content (AvgIpc) is 2.46. The van der Waals surface area contributed by atoms with Gasteiger partial charge in [0.25, 0.3) is 0 Å². The second-order valence-corrected chi connectivity index (χ2v) is 7.36. The monoisotopic (exact) mass is 298 g/mol. The molecule has 1 aromatic rings. The largest absolute Gasteiger partial charge is 0.508 e. The zero-order valence-corrected chi connectivity index (χ0v) is 12.6. The Bertz CT molecular complexity index is 522. The lowest BCUT2D eigenvalue weighted by Crippen LogP contribution is -2.37. The summed E-state index contributed by atoms with van der Waals surface area (Å²) < 4.78 is 25.9. The number of benzene rings is 1. The van der Waals surface area contributed by atoms with Gasteiger partial charge in [-0.05, 0) is 50.1 Å². The quantitative estimate of drug-likeness (QED) is 0.868. The van der Waals surface area contributed by atoms with E-state index in [-0.39, 0.29) is 11.5 Å². The number of phenolic OH excluding ortho intramolecular Hbond substituents is 1. The van der Waals surface area contributed by atoms with E-state index in [0.29, 0.717) is 18.2 Å². The summed E-state index contributed by atoms with van der Waals surface area (Å²) in [5.74, 6) is 0.271. The summed E-state index contributed by atoms with van der Waals surface area (Å²) in [5.41, 5.74) is 0.569. The van der Waals surface area contributed by atoms with Gasteiger partial charge in [-0.15, -0.1) is 0 Å². The van der Waals surface area contributed by atoms with Crippen LogP contribution in [0, 0.1) is 0 Å². The zero-order valence-electron chi connectivity index (χ0n) is 11.7. The Morgan fingerprint density at radius 3 is 2.60 bits per heavy atom. The smallest absolute Gasteiger partial charge is 0.234 e. The number of aromatic hydroxyl groups is 1. The Hall–Kier alpha value is -1.27. The van der Waals surface area contributed by atoms with Crippen molar-refractivity contribution in [2.24, 2.45) is 0 Å². The molecular formula is C14H22N2O3S. The molecule has 1 heterocycles. The van der Waals surface area contributed by atoms with Gasteiger partial charge in [-0.2, -0.15) is 0 Å². The number of phenols is 1. The first-order valence-electron chi connectivity index (χ1n) is 6.98. The lowest BCUT2D eigenvalue weighted by atomic mass is 10.0. The maximum absolute atomic E-state index is 12.3. The number of rotatable bonds is 5. The molecule has 1 unspecified atom stereocenters. The molecule has 1 aliphatic rings. The topological polar surface area (TPSA) is 69.6 Å². The Morgan fingerprint density at radius 1 is 1.30 bits per heavy atom. The van der Waals surface area contributed by atoms with Crippen molar-refractivity contribution in [2.45, 2.75) is 31.7 Å². The lowest BCUT2D eigenvalue weighted by molar-refractivity contribution is 0.392. The van der Waals surface area contributed by atoms with Crippen LogP contribution in [0.25, 0.3) is 0 Å². The van der Waals surface area contributed by atoms with E-state index >= 15 is 0 Å². The van der Waals surface area contributed by atoms with Crippen LogP contribution in [-0.4, -0.2) is 38.9 Å². The number of sulfonamides is 1. The molecule has 2 rings (SSSR count). The summed E-state index contributed by atoms with van der Waals surface area (Å²) in [6.07, 6.45) is 4.05. The van der Waals surface area contributed by atoms with Crippen molar-refractivity contribution in [3.05, 3.63) is 24.3 Å². The SMILES string of the molecule is CN(c1ccc(O)cc1)S(=O)(=O)CCC1CCCCN1. The van der Waals surface area contributed by atoms with Crippen LogP contribution in [0.3, 0.4) is 0 Å². The number of nitrogens with one attached hydrogen (secondary N) is 1. The number of piperidine rings is 1. The molecule has 1 saturated heterocycles. The fourth-order valence-corrected chi connectivity index (χ4v) is 3.72. The van der Waals surface area contributed by atoms with Gasteiger partial charge < -0.3 is 10.4 Å². The van der Waals surface area contributed by atoms with Gasteiger partial charge >= 0.3 is 0 Å². The molecule has 0 saturated carbocycles. The third-order valence-corrected chi connectivity index (χ3v) is 5.56. The van der Waals surface area contributed by atoms with Gasteiger partial charge in [-0.25, -0.2) is 8.42 Å². The minimum atomic E-state index is -3.31. The normalized spacial score (nSPS) is 19.8. The molecule has 112 valence electrons. The first-order chi connectivity index (χ1) is 9.49. The highest BCUT2D eigenvalue weighted by Gasteiger charge is 2.21. The molecule has 1 fully saturated rings. The summed E-state index contributed by atoms with van der Waals surface area (Å²) >= 11 is 0. The fraction of sp³-hybridized carbons (Fsp3) is 0.571. The fourth-order valence-electron chi connectivity index (χ4n) is 2.42. The van der Waals surface area contributed by atoms with E-state index in [9.17, 15) is 13.5 Å². The van der Waals surface area contributed by atoms with Crippen LogP contribution < -0.4 is 9.62 Å². The number of anilines is 1. The second kappa shape index (κ2) is 6.45. The molecule has 0 amide bonds. The van der Waals surface area contributed by atoms with Crippen LogP contribution >= 0.6 is 0 Å². The summed E-state index contributed by atoms with van der Waals surface area (Å²) in [6.45, 7) is 0.985. The number of hydrogen-bond donors (Lipinski definition) is 2. The van der Waals surface area contributed by atoms with E-state index in [1.165, 1.54) is 29.3 Å². The molecule has 1 aliphatic heterocycles. The Balaban J connectivity index is 1.96. The lowest BCUT2D eigenvalue weighted by Gasteiger charge is -2.25. The van der Waals surface area contributed by atoms with Gasteiger partial charge in [0, 0.05) is 13.1 Å². The predicted octanol–water partition coefficient (Wildman–Crippen LogP) is 1.69. The van der Waals surface area contributed by atoms with Crippen LogP contribution in [0.5, 0.6) is 5.75 Å².